The van der Waals surface area contributed by atoms with Crippen molar-refractivity contribution in [1.82, 2.24) is 0 Å². The Kier molecular flexibility index (Phi) is 7.86. The van der Waals surface area contributed by atoms with Gasteiger partial charge >= 0.3 is 0 Å². The molecule has 4 nitrogen and oxygen atoms in total. The van der Waals surface area contributed by atoms with Crippen LogP contribution in [0.4, 0.5) is 5.69 Å². The predicted molar refractivity (Wildman–Crippen MR) is 161 cm³/mol. The van der Waals surface area contributed by atoms with Gasteiger partial charge in [-0.25, -0.2) is 0 Å². The fourth-order valence-electron chi connectivity index (χ4n) is 4.04. The van der Waals surface area contributed by atoms with Gasteiger partial charge in [0.25, 0.3) is 5.91 Å². The van der Waals surface area contributed by atoms with E-state index in [0.29, 0.717) is 39.0 Å². The fourth-order valence-corrected chi connectivity index (χ4v) is 6.03. The number of carbonyl (C=O) groups excluding carboxylic acids is 1. The van der Waals surface area contributed by atoms with E-state index in [1.54, 1.807) is 4.90 Å². The molecule has 0 bridgehead atoms. The Hall–Kier alpha value is -2.84. The summed E-state index contributed by atoms with van der Waals surface area (Å²) >= 11 is 16.5. The molecule has 8 heteroatoms. The van der Waals surface area contributed by atoms with Gasteiger partial charge < -0.3 is 9.47 Å². The zero-order valence-electron chi connectivity index (χ0n) is 19.7. The van der Waals surface area contributed by atoms with Crippen molar-refractivity contribution in [3.63, 3.8) is 0 Å². The summed E-state index contributed by atoms with van der Waals surface area (Å²) in [4.78, 5) is 15.6. The van der Waals surface area contributed by atoms with Gasteiger partial charge in [-0.1, -0.05) is 84.1 Å². The Balaban J connectivity index is 1.43. The molecule has 1 aliphatic rings. The number of benzene rings is 4. The molecule has 1 amide bonds. The molecule has 0 atom stereocenters. The summed E-state index contributed by atoms with van der Waals surface area (Å²) in [5, 5.41) is 2.71. The average Bonchev–Trinajstić information content (AvgIpc) is 3.16. The number of halogens is 2. The van der Waals surface area contributed by atoms with Crippen LogP contribution in [-0.4, -0.2) is 16.8 Å². The third-order valence-corrected chi connectivity index (χ3v) is 7.87. The van der Waals surface area contributed by atoms with Gasteiger partial charge in [0.2, 0.25) is 0 Å². The van der Waals surface area contributed by atoms with Crippen LogP contribution in [0.3, 0.4) is 0 Å². The van der Waals surface area contributed by atoms with Gasteiger partial charge in [-0.2, -0.15) is 0 Å². The standard InChI is InChI=1S/C29H21BrClNO3S2/c1-2-34-25-15-19(14-23(30)27(25)35-17-18-10-12-21(31)13-11-18)16-26-28(33)32(29(36)37-26)24-9-5-7-20-6-3-4-8-22(20)24/h3-16H,2,17H2,1H3/b26-16-. The maximum Gasteiger partial charge on any atom is 0.270 e. The average molecular weight is 611 g/mol. The molecule has 5 rings (SSSR count). The summed E-state index contributed by atoms with van der Waals surface area (Å²) < 4.78 is 13.2. The van der Waals surface area contributed by atoms with E-state index in [1.165, 1.54) is 11.8 Å². The molecule has 0 saturated carbocycles. The molecule has 4 aromatic carbocycles. The first-order chi connectivity index (χ1) is 17.9. The van der Waals surface area contributed by atoms with Gasteiger partial charge in [0.1, 0.15) is 6.61 Å². The fraction of sp³-hybridized carbons (Fsp3) is 0.103. The number of fused-ring (bicyclic) bond motifs is 1. The van der Waals surface area contributed by atoms with E-state index in [9.17, 15) is 4.79 Å². The summed E-state index contributed by atoms with van der Waals surface area (Å²) in [5.41, 5.74) is 2.57. The van der Waals surface area contributed by atoms with E-state index in [1.807, 2.05) is 91.9 Å². The van der Waals surface area contributed by atoms with E-state index in [0.717, 1.165) is 32.1 Å². The van der Waals surface area contributed by atoms with Gasteiger partial charge in [-0.05, 0) is 75.8 Å². The minimum Gasteiger partial charge on any atom is -0.490 e. The Labute approximate surface area is 238 Å². The van der Waals surface area contributed by atoms with Crippen LogP contribution < -0.4 is 14.4 Å². The van der Waals surface area contributed by atoms with Crippen LogP contribution in [0.15, 0.2) is 88.2 Å². The molecule has 0 radical (unpaired) electrons. The molecule has 0 N–H and O–H groups in total. The molecule has 0 spiro atoms. The topological polar surface area (TPSA) is 38.8 Å². The minimum atomic E-state index is -0.150. The number of thioether (sulfide) groups is 1. The summed E-state index contributed by atoms with van der Waals surface area (Å²) in [7, 11) is 0. The van der Waals surface area contributed by atoms with Crippen LogP contribution >= 0.6 is 51.5 Å². The highest BCUT2D eigenvalue weighted by molar-refractivity contribution is 9.10. The zero-order valence-corrected chi connectivity index (χ0v) is 23.7. The Morgan fingerprint density at radius 2 is 1.78 bits per heavy atom. The second kappa shape index (κ2) is 11.3. The van der Waals surface area contributed by atoms with E-state index >= 15 is 0 Å². The number of carbonyl (C=O) groups is 1. The van der Waals surface area contributed by atoms with Crippen molar-refractivity contribution in [2.45, 2.75) is 13.5 Å². The van der Waals surface area contributed by atoms with Gasteiger partial charge in [0.05, 0.1) is 21.7 Å². The lowest BCUT2D eigenvalue weighted by atomic mass is 10.1. The summed E-state index contributed by atoms with van der Waals surface area (Å²) in [6, 6.07) is 25.1. The molecule has 1 heterocycles. The minimum absolute atomic E-state index is 0.150. The number of ether oxygens (including phenoxy) is 2. The number of thiocarbonyl (C=S) groups is 1. The lowest BCUT2D eigenvalue weighted by Gasteiger charge is -2.17. The van der Waals surface area contributed by atoms with Crippen LogP contribution in [-0.2, 0) is 11.4 Å². The zero-order chi connectivity index (χ0) is 25.9. The maximum absolute atomic E-state index is 13.5. The highest BCUT2D eigenvalue weighted by Crippen LogP contribution is 2.41. The van der Waals surface area contributed by atoms with Crippen LogP contribution in [0.5, 0.6) is 11.5 Å². The SMILES string of the molecule is CCOc1cc(/C=C2\SC(=S)N(c3cccc4ccccc34)C2=O)cc(Br)c1OCc1ccc(Cl)cc1. The third-order valence-electron chi connectivity index (χ3n) is 5.73. The third kappa shape index (κ3) is 5.55. The van der Waals surface area contributed by atoms with E-state index in [4.69, 9.17) is 33.3 Å². The smallest absolute Gasteiger partial charge is 0.270 e. The quantitative estimate of drug-likeness (QED) is 0.155. The van der Waals surface area contributed by atoms with Crippen molar-refractivity contribution in [3.05, 3.63) is 104 Å². The van der Waals surface area contributed by atoms with Crippen LogP contribution in [0.2, 0.25) is 5.02 Å². The molecular formula is C29H21BrClNO3S2. The summed E-state index contributed by atoms with van der Waals surface area (Å²) in [5.74, 6) is 1.03. The molecule has 186 valence electrons. The Bertz CT molecular complexity index is 1530. The Morgan fingerprint density at radius 3 is 2.57 bits per heavy atom. The highest BCUT2D eigenvalue weighted by atomic mass is 79.9. The van der Waals surface area contributed by atoms with E-state index < -0.39 is 0 Å². The van der Waals surface area contributed by atoms with E-state index in [2.05, 4.69) is 15.9 Å². The molecular weight excluding hydrogens is 590 g/mol. The first-order valence-corrected chi connectivity index (χ1v) is 13.9. The molecule has 0 aromatic heterocycles. The predicted octanol–water partition coefficient (Wildman–Crippen LogP) is 8.64. The van der Waals surface area contributed by atoms with Crippen molar-refractivity contribution < 1.29 is 14.3 Å². The molecule has 0 unspecified atom stereocenters. The first kappa shape index (κ1) is 25.8. The van der Waals surface area contributed by atoms with Crippen molar-refractivity contribution >= 4 is 84.3 Å². The normalized spacial score (nSPS) is 14.6. The van der Waals surface area contributed by atoms with Gasteiger partial charge in [0, 0.05) is 10.4 Å². The van der Waals surface area contributed by atoms with E-state index in [-0.39, 0.29) is 5.91 Å². The summed E-state index contributed by atoms with van der Waals surface area (Å²) in [6.07, 6.45) is 1.83. The van der Waals surface area contributed by atoms with Gasteiger partial charge in [-0.15, -0.1) is 0 Å². The van der Waals surface area contributed by atoms with Crippen LogP contribution in [0, 0.1) is 0 Å². The number of hydrogen-bond acceptors (Lipinski definition) is 5. The molecule has 4 aromatic rings. The number of hydrogen-bond donors (Lipinski definition) is 0. The number of nitrogens with zero attached hydrogens (tertiary/aromatic N) is 1. The summed E-state index contributed by atoms with van der Waals surface area (Å²) in [6.45, 7) is 2.74. The number of rotatable bonds is 7. The van der Waals surface area contributed by atoms with Crippen molar-refractivity contribution in [3.8, 4) is 11.5 Å². The lowest BCUT2D eigenvalue weighted by molar-refractivity contribution is -0.113. The monoisotopic (exact) mass is 609 g/mol. The largest absolute Gasteiger partial charge is 0.490 e. The second-order valence-electron chi connectivity index (χ2n) is 8.19. The van der Waals surface area contributed by atoms with Gasteiger partial charge in [-0.3, -0.25) is 9.69 Å². The van der Waals surface area contributed by atoms with Gasteiger partial charge in [0.15, 0.2) is 15.8 Å². The highest BCUT2D eigenvalue weighted by Gasteiger charge is 2.34. The van der Waals surface area contributed by atoms with Crippen molar-refractivity contribution in [2.24, 2.45) is 0 Å². The molecule has 1 aliphatic heterocycles. The molecule has 1 saturated heterocycles. The van der Waals surface area contributed by atoms with Crippen molar-refractivity contribution in [1.29, 1.82) is 0 Å². The lowest BCUT2D eigenvalue weighted by Crippen LogP contribution is -2.27. The molecule has 1 fully saturated rings. The second-order valence-corrected chi connectivity index (χ2v) is 11.2. The van der Waals surface area contributed by atoms with Crippen LogP contribution in [0.1, 0.15) is 18.1 Å². The molecule has 37 heavy (non-hydrogen) atoms. The Morgan fingerprint density at radius 1 is 1.03 bits per heavy atom. The number of anilines is 1. The number of amides is 1. The molecule has 0 aliphatic carbocycles. The van der Waals surface area contributed by atoms with Crippen molar-refractivity contribution in [2.75, 3.05) is 11.5 Å². The van der Waals surface area contributed by atoms with Crippen LogP contribution in [0.25, 0.3) is 16.8 Å². The maximum atomic E-state index is 13.5. The first-order valence-electron chi connectivity index (χ1n) is 11.5.